The second-order valence-corrected chi connectivity index (χ2v) is 3.22. The monoisotopic (exact) mass is 232 g/mol. The summed E-state index contributed by atoms with van der Waals surface area (Å²) in [4.78, 5) is 7.86. The highest BCUT2D eigenvalue weighted by atomic mass is 16.5. The van der Waals surface area contributed by atoms with Gasteiger partial charge in [0, 0.05) is 17.8 Å². The molecular weight excluding hydrogens is 220 g/mol. The first-order valence-electron chi connectivity index (χ1n) is 5.15. The van der Waals surface area contributed by atoms with Gasteiger partial charge in [-0.05, 0) is 19.1 Å². The summed E-state index contributed by atoms with van der Waals surface area (Å²) in [5, 5.41) is 16.0. The molecule has 1 heterocycles. The van der Waals surface area contributed by atoms with E-state index in [1.165, 1.54) is 12.5 Å². The van der Waals surface area contributed by atoms with Crippen molar-refractivity contribution < 1.29 is 9.84 Å². The van der Waals surface area contributed by atoms with Gasteiger partial charge < -0.3 is 9.84 Å². The number of nitrogens with zero attached hydrogens (tertiary/aromatic N) is 3. The number of phenols is 1. The highest BCUT2D eigenvalue weighted by molar-refractivity contribution is 5.85. The highest BCUT2D eigenvalue weighted by Crippen LogP contribution is 2.22. The summed E-state index contributed by atoms with van der Waals surface area (Å²) in [6.45, 7) is 2.45. The molecule has 0 aliphatic rings. The van der Waals surface area contributed by atoms with Crippen LogP contribution in [0.1, 0.15) is 12.5 Å². The number of aliphatic imine (C=N–C) groups is 1. The molecule has 0 unspecified atom stereocenters. The Morgan fingerprint density at radius 2 is 2.41 bits per heavy atom. The zero-order valence-corrected chi connectivity index (χ0v) is 9.29. The molecule has 0 fully saturated rings. The van der Waals surface area contributed by atoms with E-state index in [4.69, 9.17) is 4.74 Å². The fourth-order valence-electron chi connectivity index (χ4n) is 1.28. The Hall–Kier alpha value is -2.37. The van der Waals surface area contributed by atoms with E-state index >= 15 is 0 Å². The third-order valence-corrected chi connectivity index (χ3v) is 2.04. The molecule has 0 amide bonds. The smallest absolute Gasteiger partial charge is 0.245 e. The van der Waals surface area contributed by atoms with Crippen molar-refractivity contribution in [3.05, 3.63) is 30.1 Å². The van der Waals surface area contributed by atoms with E-state index in [1.54, 1.807) is 18.2 Å². The van der Waals surface area contributed by atoms with Gasteiger partial charge >= 0.3 is 0 Å². The molecule has 6 nitrogen and oxygen atoms in total. The number of rotatable bonds is 4. The topological polar surface area (TPSA) is 83.4 Å². The van der Waals surface area contributed by atoms with Crippen LogP contribution in [0.4, 0.5) is 5.95 Å². The third-order valence-electron chi connectivity index (χ3n) is 2.04. The maximum absolute atomic E-state index is 9.73. The van der Waals surface area contributed by atoms with Crippen molar-refractivity contribution in [2.45, 2.75) is 6.92 Å². The Morgan fingerprint density at radius 3 is 3.06 bits per heavy atom. The van der Waals surface area contributed by atoms with E-state index in [-0.39, 0.29) is 5.75 Å². The molecule has 88 valence electrons. The van der Waals surface area contributed by atoms with Gasteiger partial charge in [0.1, 0.15) is 17.8 Å². The lowest BCUT2D eigenvalue weighted by Crippen LogP contribution is -1.92. The van der Waals surface area contributed by atoms with Crippen molar-refractivity contribution >= 4 is 12.2 Å². The van der Waals surface area contributed by atoms with Crippen molar-refractivity contribution in [1.29, 1.82) is 0 Å². The number of H-pyrrole nitrogens is 1. The molecule has 2 rings (SSSR count). The molecular formula is C11H12N4O2. The van der Waals surface area contributed by atoms with Gasteiger partial charge in [-0.1, -0.05) is 0 Å². The SMILES string of the molecule is CCOc1ccc(/C=N/c2ncn[nH]2)c(O)c1. The molecule has 17 heavy (non-hydrogen) atoms. The molecule has 0 radical (unpaired) electrons. The van der Waals surface area contributed by atoms with Crippen LogP contribution in [0, 0.1) is 0 Å². The molecule has 0 saturated carbocycles. The first-order chi connectivity index (χ1) is 8.29. The maximum atomic E-state index is 9.73. The molecule has 0 spiro atoms. The second-order valence-electron chi connectivity index (χ2n) is 3.22. The number of hydrogen-bond donors (Lipinski definition) is 2. The van der Waals surface area contributed by atoms with Crippen LogP contribution in [-0.4, -0.2) is 33.1 Å². The van der Waals surface area contributed by atoms with Crippen LogP contribution in [0.25, 0.3) is 0 Å². The van der Waals surface area contributed by atoms with Gasteiger partial charge in [0.25, 0.3) is 0 Å². The normalized spacial score (nSPS) is 10.9. The minimum absolute atomic E-state index is 0.110. The second kappa shape index (κ2) is 5.11. The van der Waals surface area contributed by atoms with Crippen LogP contribution >= 0.6 is 0 Å². The average Bonchev–Trinajstić information content (AvgIpc) is 2.81. The Balaban J connectivity index is 2.16. The molecule has 0 bridgehead atoms. The third kappa shape index (κ3) is 2.81. The predicted molar refractivity (Wildman–Crippen MR) is 62.9 cm³/mol. The maximum Gasteiger partial charge on any atom is 0.245 e. The van der Waals surface area contributed by atoms with Gasteiger partial charge in [-0.3, -0.25) is 0 Å². The predicted octanol–water partition coefficient (Wildman–Crippen LogP) is 1.66. The minimum atomic E-state index is 0.110. The van der Waals surface area contributed by atoms with Crippen molar-refractivity contribution in [2.24, 2.45) is 4.99 Å². The summed E-state index contributed by atoms with van der Waals surface area (Å²) in [7, 11) is 0. The standard InChI is InChI=1S/C11H12N4O2/c1-2-17-9-4-3-8(10(16)5-9)6-12-11-13-7-14-15-11/h3-7,16H,2H2,1H3,(H,13,14,15)/b12-6+. The summed E-state index contributed by atoms with van der Waals surface area (Å²) < 4.78 is 5.26. The van der Waals surface area contributed by atoms with E-state index in [9.17, 15) is 5.11 Å². The number of phenolic OH excluding ortho intramolecular Hbond substituents is 1. The van der Waals surface area contributed by atoms with E-state index < -0.39 is 0 Å². The molecule has 6 heteroatoms. The van der Waals surface area contributed by atoms with Crippen LogP contribution in [-0.2, 0) is 0 Å². The lowest BCUT2D eigenvalue weighted by molar-refractivity contribution is 0.337. The number of aromatic hydroxyl groups is 1. The summed E-state index contributed by atoms with van der Waals surface area (Å²) >= 11 is 0. The Morgan fingerprint density at radius 1 is 1.53 bits per heavy atom. The summed E-state index contributed by atoms with van der Waals surface area (Å²) in [6.07, 6.45) is 2.87. The van der Waals surface area contributed by atoms with Crippen LogP contribution in [0.3, 0.4) is 0 Å². The number of benzene rings is 1. The molecule has 0 aliphatic heterocycles. The fourth-order valence-corrected chi connectivity index (χ4v) is 1.28. The summed E-state index contributed by atoms with van der Waals surface area (Å²) in [5.41, 5.74) is 0.588. The molecule has 0 saturated heterocycles. The van der Waals surface area contributed by atoms with Crippen molar-refractivity contribution in [1.82, 2.24) is 15.2 Å². The van der Waals surface area contributed by atoms with Gasteiger partial charge in [0.2, 0.25) is 5.95 Å². The van der Waals surface area contributed by atoms with Crippen LogP contribution < -0.4 is 4.74 Å². The largest absolute Gasteiger partial charge is 0.507 e. The Kier molecular flexibility index (Phi) is 3.34. The molecule has 1 aromatic carbocycles. The quantitative estimate of drug-likeness (QED) is 0.785. The molecule has 2 N–H and O–H groups in total. The van der Waals surface area contributed by atoms with E-state index in [0.717, 1.165) is 0 Å². The number of aromatic nitrogens is 3. The van der Waals surface area contributed by atoms with Gasteiger partial charge in [0.15, 0.2) is 0 Å². The lowest BCUT2D eigenvalue weighted by Gasteiger charge is -2.04. The fraction of sp³-hybridized carbons (Fsp3) is 0.182. The Labute approximate surface area is 98.0 Å². The molecule has 1 aromatic heterocycles. The number of hydrogen-bond acceptors (Lipinski definition) is 5. The molecule has 0 aliphatic carbocycles. The van der Waals surface area contributed by atoms with E-state index in [0.29, 0.717) is 23.9 Å². The molecule has 2 aromatic rings. The Bertz CT molecular complexity index is 508. The highest BCUT2D eigenvalue weighted by Gasteiger charge is 2.01. The zero-order valence-electron chi connectivity index (χ0n) is 9.29. The first kappa shape index (κ1) is 11.1. The van der Waals surface area contributed by atoms with Gasteiger partial charge in [-0.2, -0.15) is 10.1 Å². The van der Waals surface area contributed by atoms with Crippen molar-refractivity contribution in [3.8, 4) is 11.5 Å². The van der Waals surface area contributed by atoms with Crippen LogP contribution in [0.2, 0.25) is 0 Å². The van der Waals surface area contributed by atoms with Crippen LogP contribution in [0.15, 0.2) is 29.5 Å². The lowest BCUT2D eigenvalue weighted by atomic mass is 10.2. The van der Waals surface area contributed by atoms with Gasteiger partial charge in [0.05, 0.1) is 6.61 Å². The van der Waals surface area contributed by atoms with Crippen LogP contribution in [0.5, 0.6) is 11.5 Å². The number of ether oxygens (including phenoxy) is 1. The van der Waals surface area contributed by atoms with Crippen molar-refractivity contribution in [2.75, 3.05) is 6.61 Å². The van der Waals surface area contributed by atoms with Crippen molar-refractivity contribution in [3.63, 3.8) is 0 Å². The summed E-state index contributed by atoms with van der Waals surface area (Å²) in [6, 6.07) is 5.04. The van der Waals surface area contributed by atoms with Gasteiger partial charge in [-0.25, -0.2) is 10.1 Å². The first-order valence-corrected chi connectivity index (χ1v) is 5.15. The summed E-state index contributed by atoms with van der Waals surface area (Å²) in [5.74, 6) is 1.12. The molecule has 0 atom stereocenters. The number of nitrogens with one attached hydrogen (secondary N) is 1. The average molecular weight is 232 g/mol. The number of aromatic amines is 1. The zero-order chi connectivity index (χ0) is 12.1. The van der Waals surface area contributed by atoms with E-state index in [1.807, 2.05) is 6.92 Å². The van der Waals surface area contributed by atoms with E-state index in [2.05, 4.69) is 20.2 Å². The van der Waals surface area contributed by atoms with Gasteiger partial charge in [-0.15, -0.1) is 0 Å². The minimum Gasteiger partial charge on any atom is -0.507 e.